The first-order chi connectivity index (χ1) is 10.1. The van der Waals surface area contributed by atoms with Crippen LogP contribution in [0.3, 0.4) is 0 Å². The van der Waals surface area contributed by atoms with Gasteiger partial charge in [-0.2, -0.15) is 0 Å². The van der Waals surface area contributed by atoms with Crippen LogP contribution < -0.4 is 10.6 Å². The summed E-state index contributed by atoms with van der Waals surface area (Å²) in [6.07, 6.45) is 9.52. The predicted octanol–water partition coefficient (Wildman–Crippen LogP) is 1.81. The first kappa shape index (κ1) is 14.8. The van der Waals surface area contributed by atoms with Crippen molar-refractivity contribution in [1.82, 2.24) is 10.6 Å². The fourth-order valence-electron chi connectivity index (χ4n) is 4.56. The number of nitrogens with one attached hydrogen (secondary N) is 2. The number of carboxylic acid groups (broad SMARTS) is 1. The molecule has 1 heterocycles. The second-order valence-corrected chi connectivity index (χ2v) is 7.15. The van der Waals surface area contributed by atoms with Crippen LogP contribution in [-0.2, 0) is 9.59 Å². The van der Waals surface area contributed by atoms with Crippen molar-refractivity contribution in [2.45, 2.75) is 81.8 Å². The maximum atomic E-state index is 12.6. The molecule has 3 N–H and O–H groups in total. The molecule has 0 spiro atoms. The Bertz CT molecular complexity index is 404. The third-order valence-corrected chi connectivity index (χ3v) is 5.62. The molecule has 0 aromatic rings. The van der Waals surface area contributed by atoms with Crippen molar-refractivity contribution in [2.75, 3.05) is 0 Å². The van der Waals surface area contributed by atoms with E-state index in [4.69, 9.17) is 5.11 Å². The van der Waals surface area contributed by atoms with Gasteiger partial charge in [0.15, 0.2) is 0 Å². The molecule has 1 aliphatic heterocycles. The molecule has 0 aromatic carbocycles. The van der Waals surface area contributed by atoms with Crippen LogP contribution in [0.4, 0.5) is 0 Å². The van der Waals surface area contributed by atoms with Crippen LogP contribution in [0.25, 0.3) is 0 Å². The zero-order valence-corrected chi connectivity index (χ0v) is 12.6. The highest BCUT2D eigenvalue weighted by Gasteiger charge is 2.42. The molecule has 2 aliphatic carbocycles. The normalized spacial score (nSPS) is 34.4. The number of amides is 1. The summed E-state index contributed by atoms with van der Waals surface area (Å²) >= 11 is 0. The quantitative estimate of drug-likeness (QED) is 0.739. The molecular formula is C16H26N2O3. The van der Waals surface area contributed by atoms with Crippen molar-refractivity contribution in [3.05, 3.63) is 0 Å². The number of aliphatic carboxylic acids is 1. The van der Waals surface area contributed by atoms with Gasteiger partial charge in [-0.25, -0.2) is 0 Å². The number of fused-ring (bicyclic) bond motifs is 1. The van der Waals surface area contributed by atoms with Crippen molar-refractivity contribution < 1.29 is 14.7 Å². The van der Waals surface area contributed by atoms with Gasteiger partial charge in [0.25, 0.3) is 0 Å². The molecule has 3 fully saturated rings. The SMILES string of the molecule is O=C(O)CC1(NC(=O)C2CC3CCCCC3N2)CCCC1. The zero-order valence-electron chi connectivity index (χ0n) is 12.6. The van der Waals surface area contributed by atoms with E-state index in [0.29, 0.717) is 12.0 Å². The fourth-order valence-corrected chi connectivity index (χ4v) is 4.56. The van der Waals surface area contributed by atoms with E-state index in [-0.39, 0.29) is 18.4 Å². The molecule has 118 valence electrons. The van der Waals surface area contributed by atoms with Crippen molar-refractivity contribution >= 4 is 11.9 Å². The van der Waals surface area contributed by atoms with Gasteiger partial charge in [-0.05, 0) is 38.0 Å². The van der Waals surface area contributed by atoms with E-state index in [1.807, 2.05) is 0 Å². The predicted molar refractivity (Wildman–Crippen MR) is 78.9 cm³/mol. The van der Waals surface area contributed by atoms with Crippen molar-refractivity contribution in [3.63, 3.8) is 0 Å². The summed E-state index contributed by atoms with van der Waals surface area (Å²) in [6.45, 7) is 0. The minimum absolute atomic E-state index is 0.0209. The summed E-state index contributed by atoms with van der Waals surface area (Å²) in [4.78, 5) is 23.7. The minimum Gasteiger partial charge on any atom is -0.481 e. The Kier molecular flexibility index (Phi) is 4.20. The van der Waals surface area contributed by atoms with Gasteiger partial charge in [-0.15, -0.1) is 0 Å². The molecule has 3 aliphatic rings. The highest BCUT2D eigenvalue weighted by Crippen LogP contribution is 2.35. The smallest absolute Gasteiger partial charge is 0.305 e. The lowest BCUT2D eigenvalue weighted by Crippen LogP contribution is -2.53. The number of carbonyl (C=O) groups is 2. The number of carboxylic acids is 1. The second-order valence-electron chi connectivity index (χ2n) is 7.15. The first-order valence-corrected chi connectivity index (χ1v) is 8.38. The molecule has 5 nitrogen and oxygen atoms in total. The Balaban J connectivity index is 1.61. The van der Waals surface area contributed by atoms with Gasteiger partial charge < -0.3 is 15.7 Å². The van der Waals surface area contributed by atoms with Gasteiger partial charge in [0.2, 0.25) is 5.91 Å². The topological polar surface area (TPSA) is 78.4 Å². The lowest BCUT2D eigenvalue weighted by molar-refractivity contribution is -0.139. The van der Waals surface area contributed by atoms with Gasteiger partial charge in [0, 0.05) is 6.04 Å². The lowest BCUT2D eigenvalue weighted by Gasteiger charge is -2.30. The third-order valence-electron chi connectivity index (χ3n) is 5.62. The van der Waals surface area contributed by atoms with E-state index in [1.165, 1.54) is 25.7 Å². The average molecular weight is 294 g/mol. The van der Waals surface area contributed by atoms with E-state index in [0.717, 1.165) is 32.1 Å². The Morgan fingerprint density at radius 2 is 1.86 bits per heavy atom. The third kappa shape index (κ3) is 3.23. The van der Waals surface area contributed by atoms with Crippen molar-refractivity contribution in [3.8, 4) is 0 Å². The van der Waals surface area contributed by atoms with Crippen LogP contribution in [0.2, 0.25) is 0 Å². The Morgan fingerprint density at radius 1 is 1.14 bits per heavy atom. The minimum atomic E-state index is -0.815. The largest absolute Gasteiger partial charge is 0.481 e. The van der Waals surface area contributed by atoms with Gasteiger partial charge in [-0.3, -0.25) is 9.59 Å². The molecule has 1 amide bonds. The van der Waals surface area contributed by atoms with Crippen LogP contribution in [0.15, 0.2) is 0 Å². The average Bonchev–Trinajstić information content (AvgIpc) is 3.04. The van der Waals surface area contributed by atoms with E-state index in [2.05, 4.69) is 10.6 Å². The molecular weight excluding hydrogens is 268 g/mol. The summed E-state index contributed by atoms with van der Waals surface area (Å²) in [5.41, 5.74) is -0.502. The highest BCUT2D eigenvalue weighted by atomic mass is 16.4. The molecule has 3 atom stereocenters. The summed E-state index contributed by atoms with van der Waals surface area (Å²) < 4.78 is 0. The molecule has 1 saturated heterocycles. The summed E-state index contributed by atoms with van der Waals surface area (Å²) in [6, 6.07) is 0.373. The molecule has 21 heavy (non-hydrogen) atoms. The number of hydrogen-bond acceptors (Lipinski definition) is 3. The maximum Gasteiger partial charge on any atom is 0.305 e. The Labute approximate surface area is 125 Å². The molecule has 3 unspecified atom stereocenters. The van der Waals surface area contributed by atoms with Gasteiger partial charge in [0.1, 0.15) is 0 Å². The van der Waals surface area contributed by atoms with E-state index < -0.39 is 11.5 Å². The molecule has 3 rings (SSSR count). The highest BCUT2D eigenvalue weighted by molar-refractivity contribution is 5.83. The molecule has 0 bridgehead atoms. The van der Waals surface area contributed by atoms with Crippen molar-refractivity contribution in [2.24, 2.45) is 5.92 Å². The Hall–Kier alpha value is -1.10. The first-order valence-electron chi connectivity index (χ1n) is 8.38. The van der Waals surface area contributed by atoms with E-state index in [1.54, 1.807) is 0 Å². The monoisotopic (exact) mass is 294 g/mol. The molecule has 2 saturated carbocycles. The molecule has 5 heteroatoms. The number of carbonyl (C=O) groups excluding carboxylic acids is 1. The standard InChI is InChI=1S/C16H26N2O3/c19-14(20)10-16(7-3-4-8-16)18-15(21)13-9-11-5-1-2-6-12(11)17-13/h11-13,17H,1-10H2,(H,18,21)(H,19,20). The van der Waals surface area contributed by atoms with Crippen LogP contribution in [-0.4, -0.2) is 34.6 Å². The fraction of sp³-hybridized carbons (Fsp3) is 0.875. The maximum absolute atomic E-state index is 12.6. The van der Waals surface area contributed by atoms with Crippen LogP contribution in [0.1, 0.15) is 64.2 Å². The van der Waals surface area contributed by atoms with Gasteiger partial charge in [-0.1, -0.05) is 25.7 Å². The van der Waals surface area contributed by atoms with Crippen LogP contribution in [0, 0.1) is 5.92 Å². The summed E-state index contributed by atoms with van der Waals surface area (Å²) in [7, 11) is 0. The van der Waals surface area contributed by atoms with Crippen LogP contribution >= 0.6 is 0 Å². The van der Waals surface area contributed by atoms with Gasteiger partial charge in [0.05, 0.1) is 18.0 Å². The lowest BCUT2D eigenvalue weighted by atomic mass is 9.85. The Morgan fingerprint density at radius 3 is 2.52 bits per heavy atom. The zero-order chi connectivity index (χ0) is 14.9. The van der Waals surface area contributed by atoms with Crippen molar-refractivity contribution in [1.29, 1.82) is 0 Å². The molecule has 0 aromatic heterocycles. The van der Waals surface area contributed by atoms with Gasteiger partial charge >= 0.3 is 5.97 Å². The molecule has 0 radical (unpaired) electrons. The number of hydrogen-bond donors (Lipinski definition) is 3. The number of rotatable bonds is 4. The summed E-state index contributed by atoms with van der Waals surface area (Å²) in [5.74, 6) is -0.161. The van der Waals surface area contributed by atoms with E-state index in [9.17, 15) is 9.59 Å². The van der Waals surface area contributed by atoms with E-state index >= 15 is 0 Å². The second kappa shape index (κ2) is 5.95. The van der Waals surface area contributed by atoms with Crippen LogP contribution in [0.5, 0.6) is 0 Å². The summed E-state index contributed by atoms with van der Waals surface area (Å²) in [5, 5.41) is 15.7.